The molecule has 0 bridgehead atoms. The van der Waals surface area contributed by atoms with Gasteiger partial charge in [-0.3, -0.25) is 9.59 Å². The molecule has 0 aromatic carbocycles. The van der Waals surface area contributed by atoms with Crippen LogP contribution in [-0.4, -0.2) is 72.5 Å². The molecule has 2 fully saturated rings. The number of likely N-dealkylation sites (tertiary alicyclic amines) is 1. The van der Waals surface area contributed by atoms with Crippen LogP contribution in [0.15, 0.2) is 12.3 Å². The van der Waals surface area contributed by atoms with Crippen LogP contribution in [0.25, 0.3) is 0 Å². The third-order valence-electron chi connectivity index (χ3n) is 4.73. The number of carbonyl (C=O) groups is 2. The highest BCUT2D eigenvalue weighted by molar-refractivity contribution is 6.33. The summed E-state index contributed by atoms with van der Waals surface area (Å²) >= 11 is 6.27. The van der Waals surface area contributed by atoms with Crippen molar-refractivity contribution in [2.24, 2.45) is 0 Å². The van der Waals surface area contributed by atoms with Crippen LogP contribution >= 0.6 is 11.6 Å². The molecule has 1 N–H and O–H groups in total. The summed E-state index contributed by atoms with van der Waals surface area (Å²) in [7, 11) is 0. The van der Waals surface area contributed by atoms with Gasteiger partial charge in [0.25, 0.3) is 5.91 Å². The van der Waals surface area contributed by atoms with E-state index >= 15 is 0 Å². The fourth-order valence-corrected chi connectivity index (χ4v) is 3.46. The smallest absolute Gasteiger partial charge is 0.255 e. The van der Waals surface area contributed by atoms with Gasteiger partial charge in [0.1, 0.15) is 5.82 Å². The number of nitrogens with zero attached hydrogens (tertiary/aromatic N) is 3. The van der Waals surface area contributed by atoms with E-state index in [4.69, 9.17) is 16.3 Å². The van der Waals surface area contributed by atoms with Crippen LogP contribution in [0.2, 0.25) is 5.02 Å². The number of carbonyl (C=O) groups excluding carboxylic acids is 2. The quantitative estimate of drug-likeness (QED) is 0.845. The Kier molecular flexibility index (Phi) is 6.68. The van der Waals surface area contributed by atoms with Crippen molar-refractivity contribution in [1.29, 1.82) is 0 Å². The van der Waals surface area contributed by atoms with E-state index in [-0.39, 0.29) is 11.8 Å². The molecule has 1 aromatic heterocycles. The Balaban J connectivity index is 1.51. The number of amides is 2. The van der Waals surface area contributed by atoms with Gasteiger partial charge >= 0.3 is 0 Å². The van der Waals surface area contributed by atoms with Crippen molar-refractivity contribution in [3.63, 3.8) is 0 Å². The first kappa shape index (κ1) is 18.9. The molecular formula is C18H25ClN4O3. The molecule has 0 aliphatic carbocycles. The van der Waals surface area contributed by atoms with Gasteiger partial charge in [0.15, 0.2) is 0 Å². The van der Waals surface area contributed by atoms with Gasteiger partial charge in [-0.15, -0.1) is 0 Å². The number of rotatable bonds is 5. The Morgan fingerprint density at radius 1 is 1.12 bits per heavy atom. The zero-order chi connectivity index (χ0) is 18.4. The minimum atomic E-state index is -0.0202. The predicted molar refractivity (Wildman–Crippen MR) is 99.5 cm³/mol. The number of hydrogen-bond acceptors (Lipinski definition) is 5. The number of nitrogens with one attached hydrogen (secondary N) is 1. The van der Waals surface area contributed by atoms with Crippen molar-refractivity contribution < 1.29 is 14.3 Å². The molecule has 1 aromatic rings. The summed E-state index contributed by atoms with van der Waals surface area (Å²) in [6.45, 7) is 4.51. The van der Waals surface area contributed by atoms with Gasteiger partial charge in [-0.1, -0.05) is 11.6 Å². The number of morpholine rings is 1. The standard InChI is InChI=1S/C18H25ClN4O3/c19-15-12-14(18(25)23-6-2-1-3-7-23)13-21-17(15)20-5-4-16(24)22-8-10-26-11-9-22/h12-13H,1-11H2,(H,20,21). The molecule has 2 saturated heterocycles. The molecule has 0 saturated carbocycles. The average Bonchev–Trinajstić information content (AvgIpc) is 2.70. The summed E-state index contributed by atoms with van der Waals surface area (Å²) in [4.78, 5) is 32.5. The van der Waals surface area contributed by atoms with Gasteiger partial charge in [-0.05, 0) is 25.3 Å². The lowest BCUT2D eigenvalue weighted by Gasteiger charge is -2.27. The van der Waals surface area contributed by atoms with E-state index in [9.17, 15) is 9.59 Å². The summed E-state index contributed by atoms with van der Waals surface area (Å²) in [6.07, 6.45) is 5.18. The number of hydrogen-bond donors (Lipinski definition) is 1. The summed E-state index contributed by atoms with van der Waals surface area (Å²) in [6, 6.07) is 1.65. The van der Waals surface area contributed by atoms with Crippen LogP contribution in [0, 0.1) is 0 Å². The number of halogens is 1. The minimum Gasteiger partial charge on any atom is -0.378 e. The van der Waals surface area contributed by atoms with Crippen molar-refractivity contribution >= 4 is 29.2 Å². The number of aromatic nitrogens is 1. The molecule has 3 rings (SSSR count). The zero-order valence-electron chi connectivity index (χ0n) is 14.9. The van der Waals surface area contributed by atoms with E-state index in [1.54, 1.807) is 17.2 Å². The molecule has 2 aliphatic heterocycles. The second-order valence-corrected chi connectivity index (χ2v) is 6.98. The first-order valence-electron chi connectivity index (χ1n) is 9.19. The maximum absolute atomic E-state index is 12.5. The van der Waals surface area contributed by atoms with Crippen molar-refractivity contribution in [1.82, 2.24) is 14.8 Å². The van der Waals surface area contributed by atoms with Crippen LogP contribution in [0.1, 0.15) is 36.0 Å². The normalized spacial score (nSPS) is 17.9. The minimum absolute atomic E-state index is 0.0202. The van der Waals surface area contributed by atoms with E-state index in [1.165, 1.54) is 6.42 Å². The highest BCUT2D eigenvalue weighted by Gasteiger charge is 2.20. The largest absolute Gasteiger partial charge is 0.378 e. The van der Waals surface area contributed by atoms with E-state index in [1.807, 2.05) is 4.90 Å². The van der Waals surface area contributed by atoms with Crippen LogP contribution in [0.4, 0.5) is 5.82 Å². The van der Waals surface area contributed by atoms with Gasteiger partial charge in [0.05, 0.1) is 23.8 Å². The fourth-order valence-electron chi connectivity index (χ4n) is 3.22. The van der Waals surface area contributed by atoms with Crippen LogP contribution in [0.3, 0.4) is 0 Å². The van der Waals surface area contributed by atoms with Crippen LogP contribution in [0.5, 0.6) is 0 Å². The molecule has 2 aliphatic rings. The summed E-state index contributed by atoms with van der Waals surface area (Å²) in [5.41, 5.74) is 0.506. The molecule has 0 unspecified atom stereocenters. The van der Waals surface area contributed by atoms with Crippen molar-refractivity contribution in [2.75, 3.05) is 51.3 Å². The maximum Gasteiger partial charge on any atom is 0.255 e. The lowest BCUT2D eigenvalue weighted by Crippen LogP contribution is -2.41. The second-order valence-electron chi connectivity index (χ2n) is 6.58. The Morgan fingerprint density at radius 2 is 1.85 bits per heavy atom. The van der Waals surface area contributed by atoms with Crippen molar-refractivity contribution in [2.45, 2.75) is 25.7 Å². The molecule has 2 amide bonds. The lowest BCUT2D eigenvalue weighted by molar-refractivity contribution is -0.134. The lowest BCUT2D eigenvalue weighted by atomic mass is 10.1. The monoisotopic (exact) mass is 380 g/mol. The molecule has 7 nitrogen and oxygen atoms in total. The Hall–Kier alpha value is -1.86. The Bertz CT molecular complexity index is 643. The summed E-state index contributed by atoms with van der Waals surface area (Å²) < 4.78 is 5.25. The van der Waals surface area contributed by atoms with E-state index in [0.29, 0.717) is 55.7 Å². The first-order valence-corrected chi connectivity index (χ1v) is 9.57. The Morgan fingerprint density at radius 3 is 2.54 bits per heavy atom. The zero-order valence-corrected chi connectivity index (χ0v) is 15.6. The van der Waals surface area contributed by atoms with Crippen LogP contribution < -0.4 is 5.32 Å². The van der Waals surface area contributed by atoms with Crippen molar-refractivity contribution in [3.8, 4) is 0 Å². The second kappa shape index (κ2) is 9.19. The summed E-state index contributed by atoms with van der Waals surface area (Å²) in [5, 5.41) is 3.48. The van der Waals surface area contributed by atoms with Gasteiger partial charge in [0.2, 0.25) is 5.91 Å². The molecule has 0 atom stereocenters. The number of pyridine rings is 1. The summed E-state index contributed by atoms with van der Waals surface area (Å²) in [5.74, 6) is 0.568. The van der Waals surface area contributed by atoms with Crippen LogP contribution in [-0.2, 0) is 9.53 Å². The first-order chi connectivity index (χ1) is 12.6. The van der Waals surface area contributed by atoms with Gasteiger partial charge < -0.3 is 19.9 Å². The maximum atomic E-state index is 12.5. The van der Waals surface area contributed by atoms with E-state index in [2.05, 4.69) is 10.3 Å². The van der Waals surface area contributed by atoms with E-state index < -0.39 is 0 Å². The molecule has 0 spiro atoms. The number of anilines is 1. The van der Waals surface area contributed by atoms with Gasteiger partial charge in [0, 0.05) is 45.3 Å². The highest BCUT2D eigenvalue weighted by atomic mass is 35.5. The molecule has 8 heteroatoms. The van der Waals surface area contributed by atoms with Crippen molar-refractivity contribution in [3.05, 3.63) is 22.8 Å². The molecule has 26 heavy (non-hydrogen) atoms. The molecule has 142 valence electrons. The Labute approximate surface area is 158 Å². The number of piperidine rings is 1. The van der Waals surface area contributed by atoms with E-state index in [0.717, 1.165) is 25.9 Å². The third-order valence-corrected chi connectivity index (χ3v) is 5.01. The average molecular weight is 381 g/mol. The predicted octanol–water partition coefficient (Wildman–Crippen LogP) is 2.02. The molecular weight excluding hydrogens is 356 g/mol. The van der Waals surface area contributed by atoms with Gasteiger partial charge in [-0.2, -0.15) is 0 Å². The number of ether oxygens (including phenoxy) is 1. The molecule has 3 heterocycles. The molecule has 0 radical (unpaired) electrons. The highest BCUT2D eigenvalue weighted by Crippen LogP contribution is 2.22. The topological polar surface area (TPSA) is 74.8 Å². The fraction of sp³-hybridized carbons (Fsp3) is 0.611. The SMILES string of the molecule is O=C(CCNc1ncc(C(=O)N2CCCCC2)cc1Cl)N1CCOCC1. The van der Waals surface area contributed by atoms with Gasteiger partial charge in [-0.25, -0.2) is 4.98 Å². The third kappa shape index (κ3) is 4.86.